The fourth-order valence-corrected chi connectivity index (χ4v) is 9.73. The molecule has 0 aromatic heterocycles. The average molecular weight is 1160 g/mol. The second kappa shape index (κ2) is 35.9. The van der Waals surface area contributed by atoms with Crippen molar-refractivity contribution in [3.05, 3.63) is 0 Å². The van der Waals surface area contributed by atoms with Gasteiger partial charge in [-0.1, -0.05) is 6.92 Å². The second-order valence-electron chi connectivity index (χ2n) is 18.9. The third kappa shape index (κ3) is 18.4. The van der Waals surface area contributed by atoms with Crippen LogP contribution in [0.2, 0.25) is 0 Å². The SMILES string of the molecule is CO[C@@H]1OC(COCCO)[C@@H](OCC2O[C@@H](O[C@H]3C(COCCO)O[C@@H](OC)C(OCCO)[C@H]3O)C(O)[C@@H](O)[C@H]2O[C@@H]2OC(CO)[C@H](O[C@@H]3OC(COCCO)[C@@H](C)[C@H](O)C3OCCO)[C@H](O)C2OCCO)[C@H](O)C1OCCO. The zero-order valence-corrected chi connectivity index (χ0v) is 44.5. The van der Waals surface area contributed by atoms with Gasteiger partial charge in [0.15, 0.2) is 31.5 Å². The molecule has 0 aliphatic carbocycles. The summed E-state index contributed by atoms with van der Waals surface area (Å²) < 4.78 is 106. The molecule has 5 aliphatic rings. The van der Waals surface area contributed by atoms with Crippen LogP contribution in [0, 0.1) is 5.92 Å². The summed E-state index contributed by atoms with van der Waals surface area (Å²) in [5, 5.41) is 149. The lowest BCUT2D eigenvalue weighted by Crippen LogP contribution is -2.68. The van der Waals surface area contributed by atoms with Crippen molar-refractivity contribution in [2.45, 2.75) is 154 Å². The van der Waals surface area contributed by atoms with Gasteiger partial charge in [-0.3, -0.25) is 0 Å². The van der Waals surface area contributed by atoms with Crippen molar-refractivity contribution in [2.75, 3.05) is 140 Å². The molecular weight excluding hydrogens is 1080 g/mol. The van der Waals surface area contributed by atoms with Gasteiger partial charge in [0.2, 0.25) is 0 Å². The summed E-state index contributed by atoms with van der Waals surface area (Å²) in [6.07, 6.45) is -37.0. The number of aliphatic hydroxyl groups is 14. The highest BCUT2D eigenvalue weighted by atomic mass is 16.8. The van der Waals surface area contributed by atoms with Gasteiger partial charge in [0.25, 0.3) is 0 Å². The van der Waals surface area contributed by atoms with Crippen molar-refractivity contribution < 1.29 is 157 Å². The smallest absolute Gasteiger partial charge is 0.187 e. The lowest BCUT2D eigenvalue weighted by atomic mass is 9.90. The van der Waals surface area contributed by atoms with E-state index in [0.717, 1.165) is 0 Å². The Kier molecular flexibility index (Phi) is 31.1. The van der Waals surface area contributed by atoms with Crippen LogP contribution in [0.4, 0.5) is 0 Å². The summed E-state index contributed by atoms with van der Waals surface area (Å²) in [4.78, 5) is 0. The summed E-state index contributed by atoms with van der Waals surface area (Å²) >= 11 is 0. The van der Waals surface area contributed by atoms with E-state index >= 15 is 0 Å². The van der Waals surface area contributed by atoms with Gasteiger partial charge >= 0.3 is 0 Å². The normalized spacial score (nSPS) is 41.2. The zero-order chi connectivity index (χ0) is 57.6. The zero-order valence-electron chi connectivity index (χ0n) is 44.5. The second-order valence-corrected chi connectivity index (χ2v) is 18.9. The minimum absolute atomic E-state index is 0.0601. The number of hydrogen-bond donors (Lipinski definition) is 14. The summed E-state index contributed by atoms with van der Waals surface area (Å²) in [7, 11) is 2.55. The van der Waals surface area contributed by atoms with Gasteiger partial charge in [-0.15, -0.1) is 0 Å². The number of rotatable bonds is 36. The van der Waals surface area contributed by atoms with Crippen LogP contribution in [-0.4, -0.2) is 359 Å². The van der Waals surface area contributed by atoms with Crippen LogP contribution in [0.25, 0.3) is 0 Å². The quantitative estimate of drug-likeness (QED) is 0.0259. The van der Waals surface area contributed by atoms with Crippen molar-refractivity contribution in [1.82, 2.24) is 0 Å². The maximum atomic E-state index is 12.2. The van der Waals surface area contributed by atoms with Crippen molar-refractivity contribution in [3.63, 3.8) is 0 Å². The highest BCUT2D eigenvalue weighted by molar-refractivity contribution is 5.00. The molecule has 0 saturated carbocycles. The third-order valence-corrected chi connectivity index (χ3v) is 13.7. The highest BCUT2D eigenvalue weighted by Crippen LogP contribution is 2.38. The Balaban J connectivity index is 1.50. The van der Waals surface area contributed by atoms with E-state index in [1.807, 2.05) is 0 Å². The topological polar surface area (TPSA) is 449 Å². The first-order chi connectivity index (χ1) is 38.2. The van der Waals surface area contributed by atoms with E-state index in [1.165, 1.54) is 14.2 Å². The van der Waals surface area contributed by atoms with Gasteiger partial charge in [0, 0.05) is 20.1 Å². The van der Waals surface area contributed by atoms with Crippen molar-refractivity contribution in [2.24, 2.45) is 5.92 Å². The van der Waals surface area contributed by atoms with Gasteiger partial charge < -0.3 is 157 Å². The number of hydrogen-bond acceptors (Lipinski definition) is 32. The van der Waals surface area contributed by atoms with E-state index in [2.05, 4.69) is 0 Å². The first kappa shape index (κ1) is 68.5. The van der Waals surface area contributed by atoms with Crippen molar-refractivity contribution in [3.8, 4) is 0 Å². The molecule has 10 unspecified atom stereocenters. The Bertz CT molecular complexity index is 1600. The van der Waals surface area contributed by atoms with Crippen LogP contribution in [0.15, 0.2) is 0 Å². The molecule has 79 heavy (non-hydrogen) atoms. The summed E-state index contributed by atoms with van der Waals surface area (Å²) in [6, 6.07) is 0. The Hall–Kier alpha value is -1.28. The van der Waals surface area contributed by atoms with Gasteiger partial charge in [0.05, 0.1) is 138 Å². The molecule has 32 heteroatoms. The summed E-state index contributed by atoms with van der Waals surface area (Å²) in [6.45, 7) is -5.49. The van der Waals surface area contributed by atoms with Gasteiger partial charge in [-0.25, -0.2) is 0 Å². The Morgan fingerprint density at radius 1 is 0.304 bits per heavy atom. The van der Waals surface area contributed by atoms with Gasteiger partial charge in [-0.2, -0.15) is 0 Å². The molecule has 0 aromatic carbocycles. The molecule has 0 amide bonds. The molecule has 0 aromatic rings. The van der Waals surface area contributed by atoms with Crippen molar-refractivity contribution in [1.29, 1.82) is 0 Å². The molecule has 14 N–H and O–H groups in total. The fourth-order valence-electron chi connectivity index (χ4n) is 9.73. The highest BCUT2D eigenvalue weighted by Gasteiger charge is 2.57. The largest absolute Gasteiger partial charge is 0.394 e. The molecule has 5 fully saturated rings. The lowest BCUT2D eigenvalue weighted by molar-refractivity contribution is -0.393. The van der Waals surface area contributed by atoms with E-state index in [0.29, 0.717) is 0 Å². The molecule has 5 aliphatic heterocycles. The van der Waals surface area contributed by atoms with Crippen LogP contribution >= 0.6 is 0 Å². The molecular formula is C47H86O32. The molecule has 25 atom stereocenters. The van der Waals surface area contributed by atoms with E-state index in [9.17, 15) is 71.5 Å². The minimum atomic E-state index is -2.11. The van der Waals surface area contributed by atoms with Crippen LogP contribution in [0.3, 0.4) is 0 Å². The number of ether oxygens (including phenoxy) is 18. The first-order valence-corrected chi connectivity index (χ1v) is 26.3. The maximum Gasteiger partial charge on any atom is 0.187 e. The van der Waals surface area contributed by atoms with Crippen LogP contribution in [0.5, 0.6) is 0 Å². The Morgan fingerprint density at radius 3 is 1.08 bits per heavy atom. The molecule has 5 rings (SSSR count). The predicted molar refractivity (Wildman–Crippen MR) is 255 cm³/mol. The van der Waals surface area contributed by atoms with Crippen LogP contribution < -0.4 is 0 Å². The standard InChI is InChI=1S/C47H86O32/c1-23-25(19-64-11-4-48)73-46(39(29(23)56)67-14-7-51)78-36-24(18-55)72-47(42(33(36)60)70-17-10-54)79-37-28(22-71-35-26(20-65-12-5-49)75-44(62-2)40(32(35)59)68-15-8-52)74-43(31(58)30(37)57)77-38-27(21-66-13-6-50)76-45(63-3)41(34(38)61)69-16-9-53/h23-61H,4-22H2,1-3H3/t23-,24?,25?,26?,27?,28?,29+,30-,31?,32+,33+,34+,35-,36+,37+,38+,39?,40?,41?,42?,43+,44-,45-,46+,47+/m1/s1. The molecule has 0 radical (unpaired) electrons. The van der Waals surface area contributed by atoms with E-state index in [4.69, 9.17) is 85.3 Å². The molecule has 5 heterocycles. The van der Waals surface area contributed by atoms with Crippen LogP contribution in [-0.2, 0) is 85.3 Å². The van der Waals surface area contributed by atoms with Crippen LogP contribution in [0.1, 0.15) is 6.92 Å². The van der Waals surface area contributed by atoms with E-state index in [-0.39, 0.29) is 72.7 Å². The molecule has 32 nitrogen and oxygen atoms in total. The summed E-state index contributed by atoms with van der Waals surface area (Å²) in [5.41, 5.74) is 0. The fraction of sp³-hybridized carbons (Fsp3) is 1.00. The third-order valence-electron chi connectivity index (χ3n) is 13.7. The van der Waals surface area contributed by atoms with E-state index < -0.39 is 206 Å². The average Bonchev–Trinajstić information content (AvgIpc) is 3.50. The molecule has 466 valence electrons. The molecule has 0 bridgehead atoms. The first-order valence-electron chi connectivity index (χ1n) is 26.3. The molecule has 5 saturated heterocycles. The monoisotopic (exact) mass is 1160 g/mol. The van der Waals surface area contributed by atoms with Gasteiger partial charge in [-0.05, 0) is 0 Å². The summed E-state index contributed by atoms with van der Waals surface area (Å²) in [5.74, 6) is -0.648. The van der Waals surface area contributed by atoms with Crippen molar-refractivity contribution >= 4 is 0 Å². The molecule has 0 spiro atoms. The Morgan fingerprint density at radius 2 is 0.633 bits per heavy atom. The predicted octanol–water partition coefficient (Wildman–Crippen LogP) is -9.23. The lowest BCUT2D eigenvalue weighted by Gasteiger charge is -2.50. The maximum absolute atomic E-state index is 12.2. The Labute approximate surface area is 456 Å². The number of aliphatic hydroxyl groups excluding tert-OH is 14. The minimum Gasteiger partial charge on any atom is -0.394 e. The number of methoxy groups -OCH3 is 2. The van der Waals surface area contributed by atoms with Gasteiger partial charge in [0.1, 0.15) is 104 Å². The van der Waals surface area contributed by atoms with E-state index in [1.54, 1.807) is 6.92 Å².